The van der Waals surface area contributed by atoms with E-state index in [2.05, 4.69) is 5.32 Å². The second-order valence-corrected chi connectivity index (χ2v) is 5.60. The van der Waals surface area contributed by atoms with Gasteiger partial charge in [-0.3, -0.25) is 4.79 Å². The van der Waals surface area contributed by atoms with Crippen LogP contribution in [0.25, 0.3) is 0 Å². The highest BCUT2D eigenvalue weighted by Gasteiger charge is 2.02. The highest BCUT2D eigenvalue weighted by molar-refractivity contribution is 7.99. The van der Waals surface area contributed by atoms with Crippen molar-refractivity contribution in [2.24, 2.45) is 0 Å². The third-order valence-corrected chi connectivity index (χ3v) is 3.80. The minimum absolute atomic E-state index is 0.0259. The topological polar surface area (TPSA) is 62.1 Å². The Kier molecular flexibility index (Phi) is 6.34. The summed E-state index contributed by atoms with van der Waals surface area (Å²) < 4.78 is 5.35. The van der Waals surface area contributed by atoms with Crippen LogP contribution in [0.5, 0.6) is 5.75 Å². The van der Waals surface area contributed by atoms with Gasteiger partial charge >= 0.3 is 0 Å². The molecule has 22 heavy (non-hydrogen) atoms. The van der Waals surface area contributed by atoms with Crippen LogP contribution < -0.4 is 10.1 Å². The molecule has 2 aromatic carbocycles. The number of nitrogens with one attached hydrogen (secondary N) is 1. The summed E-state index contributed by atoms with van der Waals surface area (Å²) in [5, 5.41) is 11.5. The number of benzene rings is 2. The van der Waals surface area contributed by atoms with E-state index in [1.54, 1.807) is 36.0 Å². The fraction of sp³-hybridized carbons (Fsp3) is 0.176. The highest BCUT2D eigenvalue weighted by atomic mass is 32.2. The molecule has 0 aliphatic carbocycles. The Labute approximate surface area is 134 Å². The van der Waals surface area contributed by atoms with E-state index < -0.39 is 0 Å². The van der Waals surface area contributed by atoms with Crippen molar-refractivity contribution in [1.29, 1.82) is 5.26 Å². The lowest BCUT2D eigenvalue weighted by molar-refractivity contribution is -0.122. The van der Waals surface area contributed by atoms with Gasteiger partial charge in [-0.2, -0.15) is 5.26 Å². The second-order valence-electron chi connectivity index (χ2n) is 4.44. The Morgan fingerprint density at radius 2 is 1.86 bits per heavy atom. The summed E-state index contributed by atoms with van der Waals surface area (Å²) in [6, 6.07) is 18.7. The largest absolute Gasteiger partial charge is 0.484 e. The molecule has 4 nitrogen and oxygen atoms in total. The van der Waals surface area contributed by atoms with E-state index in [0.29, 0.717) is 17.9 Å². The molecule has 0 unspecified atom stereocenters. The van der Waals surface area contributed by atoms with Crippen LogP contribution in [0.4, 0.5) is 0 Å². The van der Waals surface area contributed by atoms with E-state index in [-0.39, 0.29) is 12.5 Å². The molecule has 112 valence electrons. The maximum absolute atomic E-state index is 11.7. The quantitative estimate of drug-likeness (QED) is 0.631. The Bertz CT molecular complexity index is 636. The lowest BCUT2D eigenvalue weighted by Gasteiger charge is -2.07. The van der Waals surface area contributed by atoms with Gasteiger partial charge in [0.25, 0.3) is 5.91 Å². The summed E-state index contributed by atoms with van der Waals surface area (Å²) in [7, 11) is 0. The fourth-order valence-corrected chi connectivity index (χ4v) is 2.49. The molecule has 0 aliphatic rings. The van der Waals surface area contributed by atoms with Gasteiger partial charge in [-0.1, -0.05) is 18.2 Å². The zero-order valence-electron chi connectivity index (χ0n) is 12.0. The molecule has 0 heterocycles. The van der Waals surface area contributed by atoms with Crippen LogP contribution in [0.15, 0.2) is 59.5 Å². The number of hydrogen-bond donors (Lipinski definition) is 1. The van der Waals surface area contributed by atoms with Gasteiger partial charge in [0, 0.05) is 17.2 Å². The van der Waals surface area contributed by atoms with Crippen molar-refractivity contribution in [2.45, 2.75) is 4.90 Å². The van der Waals surface area contributed by atoms with Gasteiger partial charge in [0.15, 0.2) is 6.61 Å². The Morgan fingerprint density at radius 1 is 1.14 bits per heavy atom. The number of nitrogens with zero attached hydrogens (tertiary/aromatic N) is 1. The molecule has 0 atom stereocenters. The minimum Gasteiger partial charge on any atom is -0.484 e. The lowest BCUT2D eigenvalue weighted by Crippen LogP contribution is -2.30. The van der Waals surface area contributed by atoms with Crippen LogP contribution in [0, 0.1) is 11.3 Å². The van der Waals surface area contributed by atoms with Crippen molar-refractivity contribution < 1.29 is 9.53 Å². The SMILES string of the molecule is N#Cc1ccc(OCC(=O)NCCSc2ccccc2)cc1. The molecule has 0 bridgehead atoms. The first-order chi connectivity index (χ1) is 10.8. The number of nitriles is 1. The number of hydrogen-bond acceptors (Lipinski definition) is 4. The summed E-state index contributed by atoms with van der Waals surface area (Å²) in [5.74, 6) is 1.23. The second kappa shape index (κ2) is 8.75. The summed E-state index contributed by atoms with van der Waals surface area (Å²) in [6.07, 6.45) is 0. The predicted molar refractivity (Wildman–Crippen MR) is 86.8 cm³/mol. The van der Waals surface area contributed by atoms with Gasteiger partial charge in [-0.05, 0) is 36.4 Å². The number of carbonyl (C=O) groups excluding carboxylic acids is 1. The van der Waals surface area contributed by atoms with Gasteiger partial charge in [-0.25, -0.2) is 0 Å². The third kappa shape index (κ3) is 5.51. The molecule has 0 aromatic heterocycles. The van der Waals surface area contributed by atoms with Crippen molar-refractivity contribution in [3.05, 3.63) is 60.2 Å². The van der Waals surface area contributed by atoms with Crippen molar-refractivity contribution in [1.82, 2.24) is 5.32 Å². The van der Waals surface area contributed by atoms with Crippen LogP contribution in [-0.2, 0) is 4.79 Å². The van der Waals surface area contributed by atoms with Gasteiger partial charge in [-0.15, -0.1) is 11.8 Å². The average Bonchev–Trinajstić information content (AvgIpc) is 2.58. The number of thioether (sulfide) groups is 1. The van der Waals surface area contributed by atoms with E-state index in [9.17, 15) is 4.79 Å². The standard InChI is InChI=1S/C17H16N2O2S/c18-12-14-6-8-15(9-7-14)21-13-17(20)19-10-11-22-16-4-2-1-3-5-16/h1-9H,10-11,13H2,(H,19,20). The highest BCUT2D eigenvalue weighted by Crippen LogP contribution is 2.15. The van der Waals surface area contributed by atoms with E-state index in [1.165, 1.54) is 4.90 Å². The maximum Gasteiger partial charge on any atom is 0.257 e. The van der Waals surface area contributed by atoms with Crippen LogP contribution >= 0.6 is 11.8 Å². The summed E-state index contributed by atoms with van der Waals surface area (Å²) in [4.78, 5) is 12.8. The van der Waals surface area contributed by atoms with Crippen LogP contribution in [-0.4, -0.2) is 24.8 Å². The molecule has 0 saturated carbocycles. The zero-order valence-corrected chi connectivity index (χ0v) is 12.8. The average molecular weight is 312 g/mol. The van der Waals surface area contributed by atoms with Gasteiger partial charge in [0.1, 0.15) is 5.75 Å². The first-order valence-electron chi connectivity index (χ1n) is 6.85. The van der Waals surface area contributed by atoms with E-state index >= 15 is 0 Å². The van der Waals surface area contributed by atoms with E-state index in [1.807, 2.05) is 36.4 Å². The molecule has 2 rings (SSSR count). The van der Waals surface area contributed by atoms with Crippen LogP contribution in [0.3, 0.4) is 0 Å². The first kappa shape index (κ1) is 15.9. The summed E-state index contributed by atoms with van der Waals surface area (Å²) >= 11 is 1.69. The minimum atomic E-state index is -0.155. The molecular formula is C17H16N2O2S. The van der Waals surface area contributed by atoms with Gasteiger partial charge in [0.05, 0.1) is 11.6 Å². The number of amides is 1. The maximum atomic E-state index is 11.7. The first-order valence-corrected chi connectivity index (χ1v) is 7.84. The van der Waals surface area contributed by atoms with Crippen LogP contribution in [0.2, 0.25) is 0 Å². The molecule has 1 amide bonds. The predicted octanol–water partition coefficient (Wildman–Crippen LogP) is 2.85. The lowest BCUT2D eigenvalue weighted by atomic mass is 10.2. The van der Waals surface area contributed by atoms with Crippen molar-refractivity contribution >= 4 is 17.7 Å². The number of carbonyl (C=O) groups is 1. The molecule has 0 aliphatic heterocycles. The van der Waals surface area contributed by atoms with Gasteiger partial charge < -0.3 is 10.1 Å². The number of rotatable bonds is 7. The third-order valence-electron chi connectivity index (χ3n) is 2.79. The van der Waals surface area contributed by atoms with Gasteiger partial charge in [0.2, 0.25) is 0 Å². The fourth-order valence-electron chi connectivity index (χ4n) is 1.70. The van der Waals surface area contributed by atoms with E-state index in [0.717, 1.165) is 5.75 Å². The normalized spacial score (nSPS) is 9.77. The summed E-state index contributed by atoms with van der Waals surface area (Å²) in [5.41, 5.74) is 0.565. The monoisotopic (exact) mass is 312 g/mol. The molecule has 0 radical (unpaired) electrons. The molecule has 1 N–H and O–H groups in total. The molecule has 0 saturated heterocycles. The molecule has 2 aromatic rings. The Morgan fingerprint density at radius 3 is 2.55 bits per heavy atom. The smallest absolute Gasteiger partial charge is 0.257 e. The molecule has 5 heteroatoms. The molecule has 0 spiro atoms. The number of ether oxygens (including phenoxy) is 1. The summed E-state index contributed by atoms with van der Waals surface area (Å²) in [6.45, 7) is 0.566. The zero-order chi connectivity index (χ0) is 15.6. The Balaban J connectivity index is 1.62. The van der Waals surface area contributed by atoms with Crippen molar-refractivity contribution in [3.8, 4) is 11.8 Å². The molecular weight excluding hydrogens is 296 g/mol. The van der Waals surface area contributed by atoms with Crippen molar-refractivity contribution in [2.75, 3.05) is 18.9 Å². The van der Waals surface area contributed by atoms with E-state index in [4.69, 9.17) is 10.00 Å². The van der Waals surface area contributed by atoms with Crippen LogP contribution in [0.1, 0.15) is 5.56 Å². The molecule has 0 fully saturated rings. The van der Waals surface area contributed by atoms with Crippen molar-refractivity contribution in [3.63, 3.8) is 0 Å². The Hall–Kier alpha value is -2.45.